The number of nitrogens with one attached hydrogen (secondary N) is 1. The molecular formula is C16H24N4O2. The topological polar surface area (TPSA) is 57.7 Å². The minimum absolute atomic E-state index is 0.255. The number of carbonyl (C=O) groups excluding carboxylic acids is 1. The molecule has 1 amide bonds. The lowest BCUT2D eigenvalue weighted by atomic mass is 10.2. The highest BCUT2D eigenvalue weighted by molar-refractivity contribution is 5.79. The summed E-state index contributed by atoms with van der Waals surface area (Å²) in [5.74, 6) is 0.264. The van der Waals surface area contributed by atoms with E-state index in [9.17, 15) is 4.79 Å². The molecule has 2 saturated heterocycles. The lowest BCUT2D eigenvalue weighted by molar-refractivity contribution is -0.128. The van der Waals surface area contributed by atoms with E-state index in [1.165, 1.54) is 5.56 Å². The van der Waals surface area contributed by atoms with Crippen molar-refractivity contribution in [2.45, 2.75) is 19.0 Å². The average Bonchev–Trinajstić information content (AvgIpc) is 2.93. The van der Waals surface area contributed by atoms with Crippen LogP contribution in [0.4, 0.5) is 0 Å². The van der Waals surface area contributed by atoms with E-state index >= 15 is 0 Å². The van der Waals surface area contributed by atoms with Crippen LogP contribution in [-0.2, 0) is 16.1 Å². The summed E-state index contributed by atoms with van der Waals surface area (Å²) in [5, 5.41) is 3.47. The summed E-state index contributed by atoms with van der Waals surface area (Å²) in [4.78, 5) is 20.5. The van der Waals surface area contributed by atoms with Crippen LogP contribution in [0.5, 0.6) is 0 Å². The molecule has 1 N–H and O–H groups in total. The molecule has 0 saturated carbocycles. The lowest BCUT2D eigenvalue weighted by Gasteiger charge is -2.28. The number of ether oxygens (including phenoxy) is 1. The van der Waals surface area contributed by atoms with E-state index in [-0.39, 0.29) is 11.9 Å². The Balaban J connectivity index is 1.40. The van der Waals surface area contributed by atoms with Crippen LogP contribution in [0.25, 0.3) is 0 Å². The number of nitrogens with zero attached hydrogens (tertiary/aromatic N) is 3. The van der Waals surface area contributed by atoms with Gasteiger partial charge in [-0.05, 0) is 17.7 Å². The molecule has 1 unspecified atom stereocenters. The van der Waals surface area contributed by atoms with Gasteiger partial charge < -0.3 is 15.0 Å². The van der Waals surface area contributed by atoms with Crippen molar-refractivity contribution in [3.8, 4) is 0 Å². The van der Waals surface area contributed by atoms with E-state index in [1.807, 2.05) is 17.0 Å². The number of hydrogen-bond acceptors (Lipinski definition) is 5. The van der Waals surface area contributed by atoms with Gasteiger partial charge in [-0.1, -0.05) is 0 Å². The van der Waals surface area contributed by atoms with Crippen molar-refractivity contribution in [3.63, 3.8) is 0 Å². The van der Waals surface area contributed by atoms with Crippen LogP contribution < -0.4 is 5.32 Å². The van der Waals surface area contributed by atoms with Crippen molar-refractivity contribution in [3.05, 3.63) is 30.1 Å². The van der Waals surface area contributed by atoms with Gasteiger partial charge in [-0.3, -0.25) is 14.7 Å². The normalized spacial score (nSPS) is 23.2. The predicted octanol–water partition coefficient (Wildman–Crippen LogP) is 0.104. The smallest absolute Gasteiger partial charge is 0.224 e. The van der Waals surface area contributed by atoms with E-state index < -0.39 is 0 Å². The van der Waals surface area contributed by atoms with E-state index in [0.717, 1.165) is 52.5 Å². The molecule has 6 heteroatoms. The Hall–Kier alpha value is -1.50. The summed E-state index contributed by atoms with van der Waals surface area (Å²) in [6, 6.07) is 4.25. The Morgan fingerprint density at radius 1 is 1.23 bits per heavy atom. The number of hydrogen-bond donors (Lipinski definition) is 1. The van der Waals surface area contributed by atoms with Crippen LogP contribution in [0.1, 0.15) is 12.0 Å². The monoisotopic (exact) mass is 304 g/mol. The highest BCUT2D eigenvalue weighted by Crippen LogP contribution is 2.12. The molecule has 22 heavy (non-hydrogen) atoms. The summed E-state index contributed by atoms with van der Waals surface area (Å²) in [6.45, 7) is 6.95. The zero-order valence-corrected chi connectivity index (χ0v) is 12.9. The largest absolute Gasteiger partial charge is 0.379 e. The van der Waals surface area contributed by atoms with Crippen LogP contribution in [0.15, 0.2) is 24.5 Å². The Bertz CT molecular complexity index is 476. The molecule has 0 aromatic carbocycles. The maximum absolute atomic E-state index is 12.1. The van der Waals surface area contributed by atoms with Crippen LogP contribution in [0.3, 0.4) is 0 Å². The van der Waals surface area contributed by atoms with Crippen molar-refractivity contribution >= 4 is 5.91 Å². The van der Waals surface area contributed by atoms with Crippen molar-refractivity contribution < 1.29 is 9.53 Å². The molecule has 0 aliphatic carbocycles. The fourth-order valence-electron chi connectivity index (χ4n) is 2.97. The summed E-state index contributed by atoms with van der Waals surface area (Å²) >= 11 is 0. The summed E-state index contributed by atoms with van der Waals surface area (Å²) in [7, 11) is 0. The molecule has 1 aromatic rings. The predicted molar refractivity (Wildman–Crippen MR) is 83.3 cm³/mol. The first-order valence-corrected chi connectivity index (χ1v) is 8.01. The van der Waals surface area contributed by atoms with Crippen molar-refractivity contribution in [1.82, 2.24) is 20.1 Å². The van der Waals surface area contributed by atoms with Gasteiger partial charge in [0.25, 0.3) is 0 Å². The standard InChI is InChI=1S/C16H24N4O2/c21-16-11-15(18-12-14-1-3-17-4-2-14)13-20(16)6-5-19-7-9-22-10-8-19/h1-4,15,18H,5-13H2. The number of aromatic nitrogens is 1. The number of amides is 1. The minimum Gasteiger partial charge on any atom is -0.379 e. The first-order valence-electron chi connectivity index (χ1n) is 8.01. The molecule has 6 nitrogen and oxygen atoms in total. The first kappa shape index (κ1) is 15.4. The third kappa shape index (κ3) is 4.25. The van der Waals surface area contributed by atoms with Gasteiger partial charge in [0.1, 0.15) is 0 Å². The fraction of sp³-hybridized carbons (Fsp3) is 0.625. The molecule has 0 spiro atoms. The van der Waals surface area contributed by atoms with Gasteiger partial charge in [0.2, 0.25) is 5.91 Å². The summed E-state index contributed by atoms with van der Waals surface area (Å²) in [6.07, 6.45) is 4.20. The SMILES string of the molecule is O=C1CC(NCc2ccncc2)CN1CCN1CCOCC1. The number of carbonyl (C=O) groups is 1. The Morgan fingerprint density at radius 2 is 2.00 bits per heavy atom. The second-order valence-corrected chi connectivity index (χ2v) is 5.93. The molecule has 2 aliphatic heterocycles. The van der Waals surface area contributed by atoms with Crippen LogP contribution >= 0.6 is 0 Å². The third-order valence-electron chi connectivity index (χ3n) is 4.35. The van der Waals surface area contributed by atoms with Crippen molar-refractivity contribution in [2.24, 2.45) is 0 Å². The number of pyridine rings is 1. The van der Waals surface area contributed by atoms with Gasteiger partial charge >= 0.3 is 0 Å². The molecule has 0 radical (unpaired) electrons. The van der Waals surface area contributed by atoms with Gasteiger partial charge in [-0.2, -0.15) is 0 Å². The molecule has 2 aliphatic rings. The van der Waals surface area contributed by atoms with E-state index in [1.54, 1.807) is 12.4 Å². The van der Waals surface area contributed by atoms with Gasteiger partial charge in [0.15, 0.2) is 0 Å². The molecule has 120 valence electrons. The highest BCUT2D eigenvalue weighted by Gasteiger charge is 2.29. The highest BCUT2D eigenvalue weighted by atomic mass is 16.5. The van der Waals surface area contributed by atoms with Crippen LogP contribution in [0.2, 0.25) is 0 Å². The first-order chi connectivity index (χ1) is 10.8. The minimum atomic E-state index is 0.255. The Labute approximate surface area is 131 Å². The van der Waals surface area contributed by atoms with E-state index in [0.29, 0.717) is 6.42 Å². The maximum Gasteiger partial charge on any atom is 0.224 e. The van der Waals surface area contributed by atoms with Crippen LogP contribution in [-0.4, -0.2) is 72.7 Å². The van der Waals surface area contributed by atoms with Gasteiger partial charge in [-0.25, -0.2) is 0 Å². The van der Waals surface area contributed by atoms with Crippen molar-refractivity contribution in [1.29, 1.82) is 0 Å². The molecule has 2 fully saturated rings. The Kier molecular flexibility index (Phi) is 5.37. The van der Waals surface area contributed by atoms with Crippen LogP contribution in [0, 0.1) is 0 Å². The molecule has 1 atom stereocenters. The summed E-state index contributed by atoms with van der Waals surface area (Å²) in [5.41, 5.74) is 1.20. The van der Waals surface area contributed by atoms with Gasteiger partial charge in [0, 0.05) is 64.1 Å². The second-order valence-electron chi connectivity index (χ2n) is 5.93. The number of rotatable bonds is 6. The zero-order chi connectivity index (χ0) is 15.2. The van der Waals surface area contributed by atoms with Gasteiger partial charge in [-0.15, -0.1) is 0 Å². The zero-order valence-electron chi connectivity index (χ0n) is 12.9. The van der Waals surface area contributed by atoms with Crippen molar-refractivity contribution in [2.75, 3.05) is 45.9 Å². The average molecular weight is 304 g/mol. The molecule has 1 aromatic heterocycles. The fourth-order valence-corrected chi connectivity index (χ4v) is 2.97. The number of likely N-dealkylation sites (tertiary alicyclic amines) is 1. The molecule has 3 heterocycles. The molecule has 0 bridgehead atoms. The second kappa shape index (κ2) is 7.67. The summed E-state index contributed by atoms with van der Waals surface area (Å²) < 4.78 is 5.35. The molecular weight excluding hydrogens is 280 g/mol. The number of morpholine rings is 1. The van der Waals surface area contributed by atoms with E-state index in [2.05, 4.69) is 15.2 Å². The third-order valence-corrected chi connectivity index (χ3v) is 4.35. The Morgan fingerprint density at radius 3 is 2.77 bits per heavy atom. The molecule has 3 rings (SSSR count). The van der Waals surface area contributed by atoms with E-state index in [4.69, 9.17) is 4.74 Å². The van der Waals surface area contributed by atoms with Gasteiger partial charge in [0.05, 0.1) is 13.2 Å². The quantitative estimate of drug-likeness (QED) is 0.808. The maximum atomic E-state index is 12.1. The lowest BCUT2D eigenvalue weighted by Crippen LogP contribution is -2.42.